The first-order chi connectivity index (χ1) is 19.7. The van der Waals surface area contributed by atoms with Gasteiger partial charge in [-0.1, -0.05) is 73.3 Å². The fourth-order valence-electron chi connectivity index (χ4n) is 6.15. The third-order valence-corrected chi connectivity index (χ3v) is 8.84. The van der Waals surface area contributed by atoms with Crippen LogP contribution in [0.25, 0.3) is 0 Å². The molecule has 2 aromatic carbocycles. The molecule has 3 unspecified atom stereocenters. The van der Waals surface area contributed by atoms with Crippen LogP contribution in [0.4, 0.5) is 0 Å². The summed E-state index contributed by atoms with van der Waals surface area (Å²) in [6.07, 6.45) is 6.82. The summed E-state index contributed by atoms with van der Waals surface area (Å²) >= 11 is 6.59. The van der Waals surface area contributed by atoms with E-state index in [0.29, 0.717) is 22.6 Å². The van der Waals surface area contributed by atoms with Gasteiger partial charge in [0.15, 0.2) is 0 Å². The van der Waals surface area contributed by atoms with Crippen LogP contribution >= 0.6 is 11.6 Å². The van der Waals surface area contributed by atoms with Crippen LogP contribution in [-0.2, 0) is 16.0 Å². The lowest BCUT2D eigenvalue weighted by Crippen LogP contribution is -2.58. The Hall–Kier alpha value is -3.43. The van der Waals surface area contributed by atoms with Gasteiger partial charge in [-0.3, -0.25) is 20.4 Å². The third kappa shape index (κ3) is 8.07. The molecule has 0 aromatic heterocycles. The van der Waals surface area contributed by atoms with Crippen molar-refractivity contribution >= 4 is 35.1 Å². The predicted molar refractivity (Wildman–Crippen MR) is 163 cm³/mol. The summed E-state index contributed by atoms with van der Waals surface area (Å²) in [6.45, 7) is 1.64. The van der Waals surface area contributed by atoms with Crippen molar-refractivity contribution in [3.8, 4) is 0 Å². The Balaban J connectivity index is 1.59. The van der Waals surface area contributed by atoms with Gasteiger partial charge >= 0.3 is 0 Å². The molecule has 2 fully saturated rings. The summed E-state index contributed by atoms with van der Waals surface area (Å²) in [5.41, 5.74) is 13.8. The van der Waals surface area contributed by atoms with Gasteiger partial charge in [0.25, 0.3) is 0 Å². The first kappa shape index (κ1) is 30.5. The van der Waals surface area contributed by atoms with Gasteiger partial charge in [0, 0.05) is 10.6 Å². The van der Waals surface area contributed by atoms with Crippen molar-refractivity contribution in [3.63, 3.8) is 0 Å². The maximum atomic E-state index is 14.1. The van der Waals surface area contributed by atoms with E-state index in [1.807, 2.05) is 30.3 Å². The molecule has 1 heterocycles. The molecule has 1 aliphatic carbocycles. The van der Waals surface area contributed by atoms with Gasteiger partial charge < -0.3 is 27.4 Å². The highest BCUT2D eigenvalue weighted by Gasteiger charge is 2.36. The molecule has 3 atom stereocenters. The molecule has 0 radical (unpaired) electrons. The molecule has 2 aromatic rings. The minimum atomic E-state index is -0.739. The van der Waals surface area contributed by atoms with Crippen LogP contribution in [0, 0.1) is 22.7 Å². The van der Waals surface area contributed by atoms with Crippen LogP contribution in [0.1, 0.15) is 67.6 Å². The number of nitrogen functional groups attached to an aromatic ring is 1. The van der Waals surface area contributed by atoms with E-state index in [0.717, 1.165) is 63.6 Å². The van der Waals surface area contributed by atoms with E-state index in [2.05, 4.69) is 16.0 Å². The third-order valence-electron chi connectivity index (χ3n) is 8.49. The zero-order valence-electron chi connectivity index (χ0n) is 23.4. The van der Waals surface area contributed by atoms with Gasteiger partial charge in [0.05, 0.1) is 12.0 Å². The van der Waals surface area contributed by atoms with Gasteiger partial charge in [-0.25, -0.2) is 0 Å². The number of carbonyl (C=O) groups is 2. The Kier molecular flexibility index (Phi) is 10.8. The monoisotopic (exact) mass is 579 g/mol. The Morgan fingerprint density at radius 3 is 2.07 bits per heavy atom. The average molecular weight is 580 g/mol. The lowest BCUT2D eigenvalue weighted by Gasteiger charge is -2.35. The van der Waals surface area contributed by atoms with Crippen molar-refractivity contribution in [2.75, 3.05) is 13.1 Å². The zero-order valence-corrected chi connectivity index (χ0v) is 24.2. The van der Waals surface area contributed by atoms with Crippen LogP contribution in [0.3, 0.4) is 0 Å². The van der Waals surface area contributed by atoms with Crippen LogP contribution in [0.5, 0.6) is 0 Å². The number of hydrogen-bond acceptors (Lipinski definition) is 5. The Bertz CT molecular complexity index is 1220. The molecule has 41 heavy (non-hydrogen) atoms. The number of amidine groups is 2. The Morgan fingerprint density at radius 1 is 0.854 bits per heavy atom. The van der Waals surface area contributed by atoms with E-state index < -0.39 is 18.0 Å². The van der Waals surface area contributed by atoms with Crippen LogP contribution in [0.15, 0.2) is 48.5 Å². The van der Waals surface area contributed by atoms with Crippen LogP contribution in [0.2, 0.25) is 5.02 Å². The van der Waals surface area contributed by atoms with Crippen molar-refractivity contribution in [2.24, 2.45) is 23.3 Å². The van der Waals surface area contributed by atoms with E-state index >= 15 is 0 Å². The number of piperidine rings is 1. The number of nitrogens with one attached hydrogen (secondary N) is 5. The van der Waals surface area contributed by atoms with Crippen molar-refractivity contribution in [1.82, 2.24) is 16.0 Å². The van der Waals surface area contributed by atoms with E-state index in [1.165, 1.54) is 0 Å². The molecule has 2 amide bonds. The van der Waals surface area contributed by atoms with E-state index in [1.54, 1.807) is 18.2 Å². The normalized spacial score (nSPS) is 18.6. The van der Waals surface area contributed by atoms with E-state index in [4.69, 9.17) is 33.9 Å². The SMILES string of the molecule is N=C(N)c1ccc(CC(C(=O)NC(C(=O)NC(C(=N)N)C2CCNCC2)C2CCCCC2)c2ccccc2Cl)cc1. The molecule has 1 saturated carbocycles. The minimum absolute atomic E-state index is 0.00456. The average Bonchev–Trinajstić information content (AvgIpc) is 2.98. The molecule has 0 spiro atoms. The first-order valence-electron chi connectivity index (χ1n) is 14.6. The molecular weight excluding hydrogens is 538 g/mol. The van der Waals surface area contributed by atoms with Gasteiger partial charge in [-0.2, -0.15) is 0 Å². The van der Waals surface area contributed by atoms with Crippen molar-refractivity contribution in [3.05, 3.63) is 70.2 Å². The van der Waals surface area contributed by atoms with Crippen molar-refractivity contribution < 1.29 is 9.59 Å². The van der Waals surface area contributed by atoms with Crippen LogP contribution < -0.4 is 27.4 Å². The van der Waals surface area contributed by atoms with Gasteiger partial charge in [-0.15, -0.1) is 0 Å². The second-order valence-corrected chi connectivity index (χ2v) is 11.7. The smallest absolute Gasteiger partial charge is 0.243 e. The summed E-state index contributed by atoms with van der Waals surface area (Å²) in [7, 11) is 0. The lowest BCUT2D eigenvalue weighted by molar-refractivity contribution is -0.131. The number of nitrogens with two attached hydrogens (primary N) is 2. The first-order valence-corrected chi connectivity index (χ1v) is 15.0. The number of carbonyl (C=O) groups excluding carboxylic acids is 2. The van der Waals surface area contributed by atoms with Crippen molar-refractivity contribution in [1.29, 1.82) is 10.8 Å². The molecular formula is C31H42ClN7O2. The Labute approximate surface area is 247 Å². The second-order valence-electron chi connectivity index (χ2n) is 11.3. The second kappa shape index (κ2) is 14.5. The fraction of sp³-hybridized carbons (Fsp3) is 0.484. The molecule has 1 saturated heterocycles. The minimum Gasteiger partial charge on any atom is -0.386 e. The zero-order chi connectivity index (χ0) is 29.4. The maximum Gasteiger partial charge on any atom is 0.243 e. The van der Waals surface area contributed by atoms with Gasteiger partial charge in [-0.05, 0) is 74.2 Å². The number of rotatable bonds is 11. The quantitative estimate of drug-likeness (QED) is 0.159. The fourth-order valence-corrected chi connectivity index (χ4v) is 6.41. The van der Waals surface area contributed by atoms with E-state index in [9.17, 15) is 9.59 Å². The predicted octanol–water partition coefficient (Wildman–Crippen LogP) is 3.44. The standard InChI is InChI=1S/C31H42ClN7O2/c32-25-9-5-4-8-23(25)24(18-19-10-12-22(13-11-19)28(33)34)30(40)39-27(20-6-2-1-3-7-20)31(41)38-26(29(35)36)21-14-16-37-17-15-21/h4-5,8-13,20-21,24,26-27,37H,1-3,6-7,14-18H2,(H3,33,34)(H3,35,36)(H,38,41)(H,39,40). The molecule has 9 N–H and O–H groups in total. The molecule has 2 aliphatic rings. The van der Waals surface area contributed by atoms with Gasteiger partial charge in [0.1, 0.15) is 17.7 Å². The summed E-state index contributed by atoms with van der Waals surface area (Å²) in [6, 6.07) is 13.2. The molecule has 10 heteroatoms. The lowest BCUT2D eigenvalue weighted by atomic mass is 9.82. The summed E-state index contributed by atoms with van der Waals surface area (Å²) in [5, 5.41) is 25.8. The molecule has 1 aliphatic heterocycles. The number of hydrogen-bond donors (Lipinski definition) is 7. The van der Waals surface area contributed by atoms with Gasteiger partial charge in [0.2, 0.25) is 11.8 Å². The largest absolute Gasteiger partial charge is 0.386 e. The number of benzene rings is 2. The topological polar surface area (TPSA) is 170 Å². The highest BCUT2D eigenvalue weighted by atomic mass is 35.5. The Morgan fingerprint density at radius 2 is 1.46 bits per heavy atom. The molecule has 220 valence electrons. The maximum absolute atomic E-state index is 14.1. The van der Waals surface area contributed by atoms with Crippen molar-refractivity contribution in [2.45, 2.75) is 69.4 Å². The summed E-state index contributed by atoms with van der Waals surface area (Å²) in [4.78, 5) is 27.9. The van der Waals surface area contributed by atoms with E-state index in [-0.39, 0.29) is 35.3 Å². The molecule has 4 rings (SSSR count). The summed E-state index contributed by atoms with van der Waals surface area (Å²) in [5.74, 6) is -1.20. The number of halogens is 1. The summed E-state index contributed by atoms with van der Waals surface area (Å²) < 4.78 is 0. The molecule has 9 nitrogen and oxygen atoms in total. The van der Waals surface area contributed by atoms with Crippen LogP contribution in [-0.4, -0.2) is 48.7 Å². The molecule has 0 bridgehead atoms. The highest BCUT2D eigenvalue weighted by Crippen LogP contribution is 2.31. The highest BCUT2D eigenvalue weighted by molar-refractivity contribution is 6.31. The number of amides is 2.